The molecule has 2 rings (SSSR count). The van der Waals surface area contributed by atoms with Crippen molar-refractivity contribution in [1.82, 2.24) is 10.2 Å². The Bertz CT molecular complexity index is 550. The maximum Gasteiger partial charge on any atom is 0.335 e. The van der Waals surface area contributed by atoms with Crippen LogP contribution in [0.1, 0.15) is 23.2 Å². The van der Waals surface area contributed by atoms with E-state index in [1.165, 1.54) is 12.1 Å². The van der Waals surface area contributed by atoms with Crippen LogP contribution < -0.4 is 10.6 Å². The smallest absolute Gasteiger partial charge is 0.335 e. The minimum atomic E-state index is -1.03. The van der Waals surface area contributed by atoms with Crippen LogP contribution in [0.15, 0.2) is 22.7 Å². The van der Waals surface area contributed by atoms with Gasteiger partial charge in [-0.3, -0.25) is 0 Å². The number of carbonyl (C=O) groups excluding carboxylic acids is 1. The number of hydrogen-bond acceptors (Lipinski definition) is 3. The van der Waals surface area contributed by atoms with Crippen molar-refractivity contribution in [3.05, 3.63) is 28.2 Å². The first-order chi connectivity index (χ1) is 9.95. The maximum atomic E-state index is 12.0. The predicted octanol–water partition coefficient (Wildman–Crippen LogP) is 2.36. The van der Waals surface area contributed by atoms with Crippen LogP contribution in [0, 0.1) is 0 Å². The maximum absolute atomic E-state index is 12.0. The third-order valence-corrected chi connectivity index (χ3v) is 4.11. The number of urea groups is 1. The Kier molecular flexibility index (Phi) is 5.19. The molecule has 0 radical (unpaired) electrons. The fourth-order valence-electron chi connectivity index (χ4n) is 2.38. The van der Waals surface area contributed by atoms with Gasteiger partial charge in [0.05, 0.1) is 11.3 Å². The van der Waals surface area contributed by atoms with E-state index in [2.05, 4.69) is 31.5 Å². The van der Waals surface area contributed by atoms with E-state index in [0.717, 1.165) is 25.9 Å². The van der Waals surface area contributed by atoms with Crippen LogP contribution in [-0.2, 0) is 0 Å². The Morgan fingerprint density at radius 2 is 2.19 bits per heavy atom. The largest absolute Gasteiger partial charge is 0.478 e. The summed E-state index contributed by atoms with van der Waals surface area (Å²) >= 11 is 3.30. The third-order valence-electron chi connectivity index (χ3n) is 3.42. The average molecular weight is 356 g/mol. The quantitative estimate of drug-likeness (QED) is 0.777. The lowest BCUT2D eigenvalue weighted by Gasteiger charge is -2.30. The van der Waals surface area contributed by atoms with Crippen LogP contribution in [0.3, 0.4) is 0 Å². The summed E-state index contributed by atoms with van der Waals surface area (Å²) in [6, 6.07) is 4.31. The number of likely N-dealkylation sites (tertiary alicyclic amines) is 1. The molecule has 1 aromatic carbocycles. The predicted molar refractivity (Wildman–Crippen MR) is 83.8 cm³/mol. The highest BCUT2D eigenvalue weighted by atomic mass is 79.9. The van der Waals surface area contributed by atoms with Crippen molar-refractivity contribution in [3.8, 4) is 0 Å². The number of halogens is 1. The molecule has 1 aliphatic heterocycles. The van der Waals surface area contributed by atoms with Crippen LogP contribution >= 0.6 is 15.9 Å². The van der Waals surface area contributed by atoms with Gasteiger partial charge in [-0.05, 0) is 60.6 Å². The molecule has 1 saturated heterocycles. The van der Waals surface area contributed by atoms with Crippen molar-refractivity contribution in [2.75, 3.05) is 25.5 Å². The number of carboxylic acid groups (broad SMARTS) is 1. The van der Waals surface area contributed by atoms with E-state index in [1.54, 1.807) is 6.07 Å². The second-order valence-electron chi connectivity index (χ2n) is 5.20. The molecule has 6 nitrogen and oxygen atoms in total. The Morgan fingerprint density at radius 1 is 1.43 bits per heavy atom. The summed E-state index contributed by atoms with van der Waals surface area (Å²) in [6.45, 7) is 1.87. The van der Waals surface area contributed by atoms with Crippen molar-refractivity contribution >= 4 is 33.6 Å². The number of anilines is 1. The Hall–Kier alpha value is -1.60. The number of likely N-dealkylation sites (N-methyl/N-ethyl adjacent to an activating group) is 1. The first kappa shape index (κ1) is 15.8. The zero-order valence-corrected chi connectivity index (χ0v) is 13.3. The number of carboxylic acids is 1. The number of aromatic carboxylic acids is 1. The van der Waals surface area contributed by atoms with E-state index < -0.39 is 5.97 Å². The number of amides is 2. The summed E-state index contributed by atoms with van der Waals surface area (Å²) in [5, 5.41) is 14.6. The van der Waals surface area contributed by atoms with Gasteiger partial charge in [0.25, 0.3) is 0 Å². The Morgan fingerprint density at radius 3 is 2.86 bits per heavy atom. The van der Waals surface area contributed by atoms with Crippen molar-refractivity contribution in [1.29, 1.82) is 0 Å². The molecule has 1 heterocycles. The van der Waals surface area contributed by atoms with Crippen molar-refractivity contribution in [3.63, 3.8) is 0 Å². The van der Waals surface area contributed by atoms with Crippen LogP contribution in [0.2, 0.25) is 0 Å². The van der Waals surface area contributed by atoms with E-state index in [-0.39, 0.29) is 17.6 Å². The summed E-state index contributed by atoms with van der Waals surface area (Å²) < 4.78 is 0.642. The number of carbonyl (C=O) groups is 2. The van der Waals surface area contributed by atoms with Gasteiger partial charge in [-0.25, -0.2) is 9.59 Å². The summed E-state index contributed by atoms with van der Waals surface area (Å²) in [5.74, 6) is -1.03. The van der Waals surface area contributed by atoms with Gasteiger partial charge in [-0.1, -0.05) is 0 Å². The minimum Gasteiger partial charge on any atom is -0.478 e. The molecule has 0 bridgehead atoms. The zero-order valence-electron chi connectivity index (χ0n) is 11.7. The van der Waals surface area contributed by atoms with Gasteiger partial charge in [-0.15, -0.1) is 0 Å². The van der Waals surface area contributed by atoms with Gasteiger partial charge in [0.15, 0.2) is 0 Å². The first-order valence-electron chi connectivity index (χ1n) is 6.74. The van der Waals surface area contributed by atoms with E-state index in [4.69, 9.17) is 5.11 Å². The van der Waals surface area contributed by atoms with Gasteiger partial charge in [-0.2, -0.15) is 0 Å². The van der Waals surface area contributed by atoms with Crippen LogP contribution in [0.5, 0.6) is 0 Å². The molecule has 3 N–H and O–H groups in total. The van der Waals surface area contributed by atoms with E-state index >= 15 is 0 Å². The molecule has 1 aliphatic rings. The molecule has 0 aromatic heterocycles. The lowest BCUT2D eigenvalue weighted by Crippen LogP contribution is -2.47. The van der Waals surface area contributed by atoms with Crippen molar-refractivity contribution in [2.45, 2.75) is 18.9 Å². The normalized spacial score (nSPS) is 19.0. The standard InChI is InChI=1S/C14H18BrN3O3/c1-18-6-2-3-10(8-18)16-14(21)17-12-7-9(13(19)20)4-5-11(12)15/h4-5,7,10H,2-3,6,8H2,1H3,(H,19,20)(H2,16,17,21). The SMILES string of the molecule is CN1CCCC(NC(=O)Nc2cc(C(=O)O)ccc2Br)C1. The molecule has 2 amide bonds. The second-order valence-corrected chi connectivity index (χ2v) is 6.05. The molecule has 1 unspecified atom stereocenters. The lowest BCUT2D eigenvalue weighted by molar-refractivity contribution is 0.0697. The molecule has 0 aliphatic carbocycles. The Balaban J connectivity index is 1.99. The molecule has 21 heavy (non-hydrogen) atoms. The summed E-state index contributed by atoms with van der Waals surface area (Å²) in [6.07, 6.45) is 2.01. The number of benzene rings is 1. The second kappa shape index (κ2) is 6.91. The minimum absolute atomic E-state index is 0.116. The Labute approximate surface area is 131 Å². The van der Waals surface area contributed by atoms with Gasteiger partial charge >= 0.3 is 12.0 Å². The van der Waals surface area contributed by atoms with Crippen LogP contribution in [-0.4, -0.2) is 48.2 Å². The number of nitrogens with zero attached hydrogens (tertiary/aromatic N) is 1. The van der Waals surface area contributed by atoms with E-state index in [1.807, 2.05) is 7.05 Å². The highest BCUT2D eigenvalue weighted by Gasteiger charge is 2.19. The zero-order chi connectivity index (χ0) is 15.4. The summed E-state index contributed by atoms with van der Waals surface area (Å²) in [7, 11) is 2.03. The lowest BCUT2D eigenvalue weighted by atomic mass is 10.1. The number of piperidine rings is 1. The molecule has 0 spiro atoms. The van der Waals surface area contributed by atoms with Gasteiger partial charge in [0, 0.05) is 17.1 Å². The third kappa shape index (κ3) is 4.44. The van der Waals surface area contributed by atoms with Crippen LogP contribution in [0.4, 0.5) is 10.5 Å². The topological polar surface area (TPSA) is 81.7 Å². The fourth-order valence-corrected chi connectivity index (χ4v) is 2.73. The molecule has 1 fully saturated rings. The monoisotopic (exact) mass is 355 g/mol. The number of rotatable bonds is 3. The van der Waals surface area contributed by atoms with Crippen molar-refractivity contribution < 1.29 is 14.7 Å². The highest BCUT2D eigenvalue weighted by molar-refractivity contribution is 9.10. The fraction of sp³-hybridized carbons (Fsp3) is 0.429. The molecular weight excluding hydrogens is 338 g/mol. The molecule has 1 aromatic rings. The summed E-state index contributed by atoms with van der Waals surface area (Å²) in [4.78, 5) is 25.1. The first-order valence-corrected chi connectivity index (χ1v) is 7.54. The number of hydrogen-bond donors (Lipinski definition) is 3. The van der Waals surface area contributed by atoms with Gasteiger partial charge in [0.1, 0.15) is 0 Å². The van der Waals surface area contributed by atoms with E-state index in [0.29, 0.717) is 10.2 Å². The molecule has 7 heteroatoms. The molecule has 1 atom stereocenters. The van der Waals surface area contributed by atoms with Gasteiger partial charge in [0.2, 0.25) is 0 Å². The highest BCUT2D eigenvalue weighted by Crippen LogP contribution is 2.23. The molecule has 114 valence electrons. The molecule has 0 saturated carbocycles. The van der Waals surface area contributed by atoms with Gasteiger partial charge < -0.3 is 20.6 Å². The summed E-state index contributed by atoms with van der Waals surface area (Å²) in [5.41, 5.74) is 0.572. The molecular formula is C14H18BrN3O3. The average Bonchev–Trinajstić information content (AvgIpc) is 2.41. The van der Waals surface area contributed by atoms with Crippen molar-refractivity contribution in [2.24, 2.45) is 0 Å². The van der Waals surface area contributed by atoms with E-state index in [9.17, 15) is 9.59 Å². The number of nitrogens with one attached hydrogen (secondary N) is 2. The van der Waals surface area contributed by atoms with Crippen LogP contribution in [0.25, 0.3) is 0 Å².